The summed E-state index contributed by atoms with van der Waals surface area (Å²) in [6.07, 6.45) is 2.00. The van der Waals surface area contributed by atoms with Crippen LogP contribution < -0.4 is 10.1 Å². The number of nitrogens with one attached hydrogen (secondary N) is 1. The van der Waals surface area contributed by atoms with Crippen molar-refractivity contribution in [2.24, 2.45) is 0 Å². The summed E-state index contributed by atoms with van der Waals surface area (Å²) in [4.78, 5) is 14.7. The average Bonchev–Trinajstić information content (AvgIpc) is 3.16. The summed E-state index contributed by atoms with van der Waals surface area (Å²) in [5.74, 6) is 0.356. The Morgan fingerprint density at radius 2 is 1.77 bits per heavy atom. The largest absolute Gasteiger partial charge is 0.479 e. The van der Waals surface area contributed by atoms with Crippen LogP contribution in [0.3, 0.4) is 0 Å². The number of hydrogen-bond donors (Lipinski definition) is 1. The van der Waals surface area contributed by atoms with Gasteiger partial charge >= 0.3 is 0 Å². The first kappa shape index (κ1) is 18.7. The van der Waals surface area contributed by atoms with Crippen LogP contribution in [0.25, 0.3) is 0 Å². The summed E-state index contributed by atoms with van der Waals surface area (Å²) in [5.41, 5.74) is 2.39. The van der Waals surface area contributed by atoms with E-state index >= 15 is 0 Å². The molecule has 26 heavy (non-hydrogen) atoms. The maximum absolute atomic E-state index is 12.2. The monoisotopic (exact) mass is 372 g/mol. The standard InChI is InChI=1S/C21H25ClN2O2/c1-16(26-20-7-3-2-6-19(20)22)21(25)23-14-17-8-10-18(11-9-17)15-24-12-4-5-13-24/h2-3,6-11,16H,4-5,12-15H2,1H3,(H,23,25)/t16-/m1/s1. The molecule has 0 saturated carbocycles. The Morgan fingerprint density at radius 3 is 2.46 bits per heavy atom. The number of halogens is 1. The van der Waals surface area contributed by atoms with Crippen LogP contribution >= 0.6 is 11.6 Å². The van der Waals surface area contributed by atoms with Crippen molar-refractivity contribution in [3.8, 4) is 5.75 Å². The third-order valence-corrected chi connectivity index (χ3v) is 4.92. The van der Waals surface area contributed by atoms with Crippen LogP contribution in [-0.4, -0.2) is 30.0 Å². The molecule has 2 aromatic rings. The van der Waals surface area contributed by atoms with Gasteiger partial charge in [0, 0.05) is 13.1 Å². The quantitative estimate of drug-likeness (QED) is 0.798. The van der Waals surface area contributed by atoms with Gasteiger partial charge in [-0.25, -0.2) is 0 Å². The van der Waals surface area contributed by atoms with E-state index in [0.29, 0.717) is 17.3 Å². The van der Waals surface area contributed by atoms with E-state index in [-0.39, 0.29) is 5.91 Å². The van der Waals surface area contributed by atoms with Crippen LogP contribution in [0, 0.1) is 0 Å². The molecule has 0 aliphatic carbocycles. The van der Waals surface area contributed by atoms with Gasteiger partial charge in [-0.2, -0.15) is 0 Å². The summed E-state index contributed by atoms with van der Waals surface area (Å²) in [5, 5.41) is 3.41. The normalized spacial score (nSPS) is 15.6. The SMILES string of the molecule is C[C@@H](Oc1ccccc1Cl)C(=O)NCc1ccc(CN2CCCC2)cc1. The first-order valence-electron chi connectivity index (χ1n) is 9.11. The lowest BCUT2D eigenvalue weighted by atomic mass is 10.1. The van der Waals surface area contributed by atoms with E-state index in [1.54, 1.807) is 19.1 Å². The number of amides is 1. The van der Waals surface area contributed by atoms with Crippen molar-refractivity contribution in [2.75, 3.05) is 13.1 Å². The Labute approximate surface area is 160 Å². The van der Waals surface area contributed by atoms with Crippen molar-refractivity contribution in [1.29, 1.82) is 0 Å². The lowest BCUT2D eigenvalue weighted by molar-refractivity contribution is -0.127. The molecule has 0 radical (unpaired) electrons. The first-order chi connectivity index (χ1) is 12.6. The minimum absolute atomic E-state index is 0.161. The molecule has 0 aromatic heterocycles. The fraction of sp³-hybridized carbons (Fsp3) is 0.381. The summed E-state index contributed by atoms with van der Waals surface area (Å²) in [7, 11) is 0. The maximum atomic E-state index is 12.2. The predicted molar refractivity (Wildman–Crippen MR) is 104 cm³/mol. The molecule has 1 fully saturated rings. The van der Waals surface area contributed by atoms with E-state index in [0.717, 1.165) is 12.1 Å². The molecule has 1 amide bonds. The summed E-state index contributed by atoms with van der Waals surface area (Å²) >= 11 is 6.06. The highest BCUT2D eigenvalue weighted by molar-refractivity contribution is 6.32. The molecule has 0 unspecified atom stereocenters. The predicted octanol–water partition coefficient (Wildman–Crippen LogP) is 4.02. The summed E-state index contributed by atoms with van der Waals surface area (Å²) < 4.78 is 5.64. The number of benzene rings is 2. The van der Waals surface area contributed by atoms with Gasteiger partial charge in [0.25, 0.3) is 5.91 Å². The van der Waals surface area contributed by atoms with Gasteiger partial charge in [0.2, 0.25) is 0 Å². The Bertz CT molecular complexity index is 727. The number of carbonyl (C=O) groups excluding carboxylic acids is 1. The van der Waals surface area contributed by atoms with Crippen molar-refractivity contribution >= 4 is 17.5 Å². The molecule has 1 N–H and O–H groups in total. The molecule has 5 heteroatoms. The zero-order valence-corrected chi connectivity index (χ0v) is 15.8. The zero-order valence-electron chi connectivity index (χ0n) is 15.1. The number of ether oxygens (including phenoxy) is 1. The van der Waals surface area contributed by atoms with Crippen LogP contribution in [0.4, 0.5) is 0 Å². The summed E-state index contributed by atoms with van der Waals surface area (Å²) in [6.45, 7) is 5.61. The second-order valence-corrected chi connectivity index (χ2v) is 7.12. The molecule has 0 spiro atoms. The van der Waals surface area contributed by atoms with Gasteiger partial charge < -0.3 is 10.1 Å². The van der Waals surface area contributed by atoms with E-state index < -0.39 is 6.10 Å². The van der Waals surface area contributed by atoms with Gasteiger partial charge in [-0.15, -0.1) is 0 Å². The fourth-order valence-electron chi connectivity index (χ4n) is 3.08. The Morgan fingerprint density at radius 1 is 1.12 bits per heavy atom. The van der Waals surface area contributed by atoms with Crippen LogP contribution in [0.1, 0.15) is 30.9 Å². The first-order valence-corrected chi connectivity index (χ1v) is 9.48. The Hall–Kier alpha value is -2.04. The second-order valence-electron chi connectivity index (χ2n) is 6.71. The van der Waals surface area contributed by atoms with Crippen molar-refractivity contribution in [1.82, 2.24) is 10.2 Å². The van der Waals surface area contributed by atoms with E-state index in [1.807, 2.05) is 12.1 Å². The van der Waals surface area contributed by atoms with Crippen LogP contribution in [-0.2, 0) is 17.9 Å². The highest BCUT2D eigenvalue weighted by Crippen LogP contribution is 2.24. The molecule has 2 aromatic carbocycles. The fourth-order valence-corrected chi connectivity index (χ4v) is 3.26. The van der Waals surface area contributed by atoms with Crippen molar-refractivity contribution in [2.45, 2.75) is 39.0 Å². The smallest absolute Gasteiger partial charge is 0.261 e. The number of para-hydroxylation sites is 1. The van der Waals surface area contributed by atoms with Gasteiger partial charge in [0.1, 0.15) is 5.75 Å². The highest BCUT2D eigenvalue weighted by atomic mass is 35.5. The molecule has 0 bridgehead atoms. The number of carbonyl (C=O) groups is 1. The molecule has 1 saturated heterocycles. The molecule has 1 atom stereocenters. The lowest BCUT2D eigenvalue weighted by Crippen LogP contribution is -2.35. The molecule has 1 heterocycles. The molecule has 4 nitrogen and oxygen atoms in total. The van der Waals surface area contributed by atoms with Crippen LogP contribution in [0.15, 0.2) is 48.5 Å². The van der Waals surface area contributed by atoms with Gasteiger partial charge in [-0.05, 0) is 56.1 Å². The molecule has 3 rings (SSSR count). The molecule has 138 valence electrons. The zero-order chi connectivity index (χ0) is 18.4. The minimum Gasteiger partial charge on any atom is -0.479 e. The van der Waals surface area contributed by atoms with Crippen molar-refractivity contribution in [3.05, 3.63) is 64.7 Å². The number of rotatable bonds is 7. The second kappa shape index (κ2) is 9.06. The van der Waals surface area contributed by atoms with Crippen LogP contribution in [0.5, 0.6) is 5.75 Å². The van der Waals surface area contributed by atoms with Gasteiger partial charge in [-0.1, -0.05) is 48.0 Å². The Balaban J connectivity index is 1.46. The minimum atomic E-state index is -0.607. The van der Waals surface area contributed by atoms with Gasteiger partial charge in [-0.3, -0.25) is 9.69 Å². The van der Waals surface area contributed by atoms with E-state index in [1.165, 1.54) is 31.5 Å². The third kappa shape index (κ3) is 5.23. The van der Waals surface area contributed by atoms with E-state index in [4.69, 9.17) is 16.3 Å². The average molecular weight is 373 g/mol. The highest BCUT2D eigenvalue weighted by Gasteiger charge is 2.16. The molecular weight excluding hydrogens is 348 g/mol. The molecule has 1 aliphatic heterocycles. The molecular formula is C21H25ClN2O2. The lowest BCUT2D eigenvalue weighted by Gasteiger charge is -2.16. The number of hydrogen-bond acceptors (Lipinski definition) is 3. The topological polar surface area (TPSA) is 41.6 Å². The number of likely N-dealkylation sites (tertiary alicyclic amines) is 1. The van der Waals surface area contributed by atoms with Gasteiger partial charge in [0.05, 0.1) is 5.02 Å². The van der Waals surface area contributed by atoms with Crippen LogP contribution in [0.2, 0.25) is 5.02 Å². The van der Waals surface area contributed by atoms with E-state index in [2.05, 4.69) is 34.5 Å². The summed E-state index contributed by atoms with van der Waals surface area (Å²) in [6, 6.07) is 15.6. The maximum Gasteiger partial charge on any atom is 0.261 e. The number of nitrogens with zero attached hydrogens (tertiary/aromatic N) is 1. The van der Waals surface area contributed by atoms with Gasteiger partial charge in [0.15, 0.2) is 6.10 Å². The Kier molecular flexibility index (Phi) is 6.53. The molecule has 1 aliphatic rings. The third-order valence-electron chi connectivity index (χ3n) is 4.60. The van der Waals surface area contributed by atoms with E-state index in [9.17, 15) is 4.79 Å². The van der Waals surface area contributed by atoms with Crippen molar-refractivity contribution in [3.63, 3.8) is 0 Å². The van der Waals surface area contributed by atoms with Crippen molar-refractivity contribution < 1.29 is 9.53 Å².